The summed E-state index contributed by atoms with van der Waals surface area (Å²) in [5.41, 5.74) is 0. The van der Waals surface area contributed by atoms with Crippen LogP contribution < -0.4 is 0 Å². The third-order valence-electron chi connectivity index (χ3n) is 2.63. The standard InChI is InChI=1S/C11H27N3O3Si/c1-13(2)11(14(3)4)12-9-8-10-18(15-5,16-6)17-7/h8-10H2,1-7H3. The molecule has 108 valence electrons. The largest absolute Gasteiger partial charge is 0.500 e. The fraction of sp³-hybridized carbons (Fsp3) is 0.909. The smallest absolute Gasteiger partial charge is 0.377 e. The summed E-state index contributed by atoms with van der Waals surface area (Å²) >= 11 is 0. The number of aliphatic imine (C=N–C) groups is 1. The van der Waals surface area contributed by atoms with Crippen LogP contribution in [0.3, 0.4) is 0 Å². The molecule has 0 bridgehead atoms. The molecule has 7 heteroatoms. The Bertz CT molecular complexity index is 238. The summed E-state index contributed by atoms with van der Waals surface area (Å²) in [7, 11) is 10.4. The lowest BCUT2D eigenvalue weighted by Gasteiger charge is -2.25. The third-order valence-corrected chi connectivity index (χ3v) is 5.46. The Balaban J connectivity index is 4.29. The first-order valence-electron chi connectivity index (χ1n) is 5.97. The molecule has 0 amide bonds. The molecular formula is C11H27N3O3Si. The zero-order valence-corrected chi connectivity index (χ0v) is 13.7. The third kappa shape index (κ3) is 5.34. The molecule has 18 heavy (non-hydrogen) atoms. The minimum Gasteiger partial charge on any atom is -0.377 e. The summed E-state index contributed by atoms with van der Waals surface area (Å²) in [5.74, 6) is 0.953. The molecule has 0 aromatic heterocycles. The van der Waals surface area contributed by atoms with Gasteiger partial charge in [0.05, 0.1) is 0 Å². The summed E-state index contributed by atoms with van der Waals surface area (Å²) in [5, 5.41) is 0. The summed E-state index contributed by atoms with van der Waals surface area (Å²) in [4.78, 5) is 8.54. The molecule has 0 saturated heterocycles. The van der Waals surface area contributed by atoms with E-state index in [-0.39, 0.29) is 0 Å². The molecule has 0 unspecified atom stereocenters. The first-order chi connectivity index (χ1) is 8.42. The first kappa shape index (κ1) is 17.4. The number of guanidine groups is 1. The highest BCUT2D eigenvalue weighted by molar-refractivity contribution is 6.60. The Hall–Kier alpha value is -0.633. The van der Waals surface area contributed by atoms with Gasteiger partial charge in [0.15, 0.2) is 5.96 Å². The monoisotopic (exact) mass is 277 g/mol. The van der Waals surface area contributed by atoms with Gasteiger partial charge < -0.3 is 23.1 Å². The van der Waals surface area contributed by atoms with E-state index in [4.69, 9.17) is 13.3 Å². The molecule has 0 aliphatic heterocycles. The average molecular weight is 277 g/mol. The van der Waals surface area contributed by atoms with Gasteiger partial charge >= 0.3 is 8.80 Å². The maximum atomic E-state index is 5.36. The highest BCUT2D eigenvalue weighted by Gasteiger charge is 2.36. The van der Waals surface area contributed by atoms with E-state index in [9.17, 15) is 0 Å². The topological polar surface area (TPSA) is 46.5 Å². The maximum absolute atomic E-state index is 5.36. The normalized spacial score (nSPS) is 11.3. The average Bonchev–Trinajstić information content (AvgIpc) is 2.33. The van der Waals surface area contributed by atoms with Crippen molar-refractivity contribution in [3.05, 3.63) is 0 Å². The molecule has 0 N–H and O–H groups in total. The molecule has 0 fully saturated rings. The number of rotatable bonds is 7. The van der Waals surface area contributed by atoms with E-state index in [2.05, 4.69) is 4.99 Å². The van der Waals surface area contributed by atoms with E-state index >= 15 is 0 Å². The molecule has 0 rings (SSSR count). The van der Waals surface area contributed by atoms with Crippen LogP contribution in [-0.4, -0.2) is 80.6 Å². The number of hydrogen-bond donors (Lipinski definition) is 0. The predicted molar refractivity (Wildman–Crippen MR) is 75.9 cm³/mol. The SMILES string of the molecule is CO[Si](CCCN=C(N(C)C)N(C)C)(OC)OC. The molecule has 6 nitrogen and oxygen atoms in total. The molecule has 0 radical (unpaired) electrons. The van der Waals surface area contributed by atoms with Gasteiger partial charge in [0.2, 0.25) is 0 Å². The molecule has 0 saturated carbocycles. The van der Waals surface area contributed by atoms with E-state index in [0.717, 1.165) is 25.0 Å². The van der Waals surface area contributed by atoms with Crippen molar-refractivity contribution < 1.29 is 13.3 Å². The van der Waals surface area contributed by atoms with E-state index in [1.165, 1.54) is 0 Å². The molecule has 0 aromatic rings. The number of nitrogens with zero attached hydrogens (tertiary/aromatic N) is 3. The van der Waals surface area contributed by atoms with Crippen molar-refractivity contribution in [2.75, 3.05) is 56.1 Å². The van der Waals surface area contributed by atoms with E-state index in [1.807, 2.05) is 38.0 Å². The Morgan fingerprint density at radius 1 is 0.944 bits per heavy atom. The first-order valence-corrected chi connectivity index (χ1v) is 7.90. The fourth-order valence-electron chi connectivity index (χ4n) is 1.71. The van der Waals surface area contributed by atoms with Gasteiger partial charge in [0.1, 0.15) is 0 Å². The second kappa shape index (κ2) is 8.47. The second-order valence-corrected chi connectivity index (χ2v) is 7.46. The zero-order chi connectivity index (χ0) is 14.2. The minimum atomic E-state index is -2.44. The fourth-order valence-corrected chi connectivity index (χ4v) is 3.42. The lowest BCUT2D eigenvalue weighted by Crippen LogP contribution is -2.42. The van der Waals surface area contributed by atoms with Crippen molar-refractivity contribution in [2.24, 2.45) is 4.99 Å². The van der Waals surface area contributed by atoms with E-state index in [0.29, 0.717) is 0 Å². The Morgan fingerprint density at radius 2 is 1.39 bits per heavy atom. The van der Waals surface area contributed by atoms with Gasteiger partial charge in [0, 0.05) is 62.1 Å². The van der Waals surface area contributed by atoms with Crippen LogP contribution in [0.1, 0.15) is 6.42 Å². The quantitative estimate of drug-likeness (QED) is 0.297. The molecular weight excluding hydrogens is 250 g/mol. The van der Waals surface area contributed by atoms with Crippen LogP contribution >= 0.6 is 0 Å². The van der Waals surface area contributed by atoms with Crippen molar-refractivity contribution in [2.45, 2.75) is 12.5 Å². The lowest BCUT2D eigenvalue weighted by atomic mass is 10.5. The van der Waals surface area contributed by atoms with Crippen molar-refractivity contribution in [3.63, 3.8) is 0 Å². The summed E-state index contributed by atoms with van der Waals surface area (Å²) < 4.78 is 16.1. The Kier molecular flexibility index (Phi) is 8.17. The molecule has 0 spiro atoms. The van der Waals surface area contributed by atoms with Crippen LogP contribution in [0.2, 0.25) is 6.04 Å². The Morgan fingerprint density at radius 3 is 1.72 bits per heavy atom. The van der Waals surface area contributed by atoms with Crippen molar-refractivity contribution in [1.82, 2.24) is 9.80 Å². The molecule has 0 aromatic carbocycles. The van der Waals surface area contributed by atoms with Crippen LogP contribution in [0.25, 0.3) is 0 Å². The second-order valence-electron chi connectivity index (χ2n) is 4.37. The van der Waals surface area contributed by atoms with Gasteiger partial charge in [-0.2, -0.15) is 0 Å². The van der Waals surface area contributed by atoms with Crippen molar-refractivity contribution in [3.8, 4) is 0 Å². The van der Waals surface area contributed by atoms with Crippen LogP contribution in [-0.2, 0) is 13.3 Å². The molecule has 0 aliphatic rings. The van der Waals surface area contributed by atoms with Gasteiger partial charge in [-0.1, -0.05) is 0 Å². The van der Waals surface area contributed by atoms with E-state index < -0.39 is 8.80 Å². The predicted octanol–water partition coefficient (Wildman–Crippen LogP) is 0.734. The van der Waals surface area contributed by atoms with Gasteiger partial charge in [-0.15, -0.1) is 0 Å². The van der Waals surface area contributed by atoms with Gasteiger partial charge in [0.25, 0.3) is 0 Å². The molecule has 0 aliphatic carbocycles. The van der Waals surface area contributed by atoms with Gasteiger partial charge in [-0.25, -0.2) is 0 Å². The van der Waals surface area contributed by atoms with Crippen LogP contribution in [0.15, 0.2) is 4.99 Å². The summed E-state index contributed by atoms with van der Waals surface area (Å²) in [6.07, 6.45) is 0.882. The van der Waals surface area contributed by atoms with Crippen LogP contribution in [0.4, 0.5) is 0 Å². The van der Waals surface area contributed by atoms with Crippen LogP contribution in [0, 0.1) is 0 Å². The summed E-state index contributed by atoms with van der Waals surface area (Å²) in [6, 6.07) is 0.772. The highest BCUT2D eigenvalue weighted by atomic mass is 28.4. The van der Waals surface area contributed by atoms with Crippen molar-refractivity contribution >= 4 is 14.8 Å². The van der Waals surface area contributed by atoms with Crippen molar-refractivity contribution in [1.29, 1.82) is 0 Å². The number of hydrogen-bond acceptors (Lipinski definition) is 4. The minimum absolute atomic E-state index is 0.733. The zero-order valence-electron chi connectivity index (χ0n) is 12.7. The lowest BCUT2D eigenvalue weighted by molar-refractivity contribution is 0.123. The summed E-state index contributed by atoms with van der Waals surface area (Å²) in [6.45, 7) is 0.733. The maximum Gasteiger partial charge on any atom is 0.500 e. The van der Waals surface area contributed by atoms with Gasteiger partial charge in [-0.3, -0.25) is 4.99 Å². The van der Waals surface area contributed by atoms with Crippen LogP contribution in [0.5, 0.6) is 0 Å². The molecule has 0 atom stereocenters. The van der Waals surface area contributed by atoms with Gasteiger partial charge in [-0.05, 0) is 6.42 Å². The highest BCUT2D eigenvalue weighted by Crippen LogP contribution is 2.14. The molecule has 0 heterocycles. The Labute approximate surface area is 112 Å². The van der Waals surface area contributed by atoms with E-state index in [1.54, 1.807) is 21.3 Å².